The zero-order valence-electron chi connectivity index (χ0n) is 9.30. The Morgan fingerprint density at radius 1 is 1.53 bits per heavy atom. The van der Waals surface area contributed by atoms with E-state index in [0.717, 1.165) is 0 Å². The molecule has 1 amide bonds. The Bertz CT molecular complexity index is 469. The zero-order valence-corrected chi connectivity index (χ0v) is 9.30. The van der Waals surface area contributed by atoms with Crippen LogP contribution in [-0.4, -0.2) is 30.1 Å². The monoisotopic (exact) mass is 236 g/mol. The van der Waals surface area contributed by atoms with Gasteiger partial charge in [-0.25, -0.2) is 0 Å². The zero-order chi connectivity index (χ0) is 12.4. The van der Waals surface area contributed by atoms with Crippen LogP contribution in [0.15, 0.2) is 18.2 Å². The van der Waals surface area contributed by atoms with Crippen molar-refractivity contribution in [3.05, 3.63) is 39.4 Å². The maximum atomic E-state index is 11.9. The number of carbonyl (C=O) groups excluding carboxylic acids is 1. The Labute approximate surface area is 97.7 Å². The fourth-order valence-electron chi connectivity index (χ4n) is 1.65. The molecule has 1 fully saturated rings. The maximum absolute atomic E-state index is 11.9. The van der Waals surface area contributed by atoms with E-state index >= 15 is 0 Å². The van der Waals surface area contributed by atoms with Gasteiger partial charge in [0.1, 0.15) is 0 Å². The number of benzene rings is 1. The van der Waals surface area contributed by atoms with Gasteiger partial charge >= 0.3 is 0 Å². The summed E-state index contributed by atoms with van der Waals surface area (Å²) < 4.78 is 4.94. The largest absolute Gasteiger partial charge is 0.377 e. The molecule has 0 unspecified atom stereocenters. The number of nitro benzene ring substituents is 1. The average Bonchev–Trinajstić information content (AvgIpc) is 2.23. The van der Waals surface area contributed by atoms with Crippen LogP contribution >= 0.6 is 0 Å². The van der Waals surface area contributed by atoms with Crippen molar-refractivity contribution in [2.45, 2.75) is 13.0 Å². The SMILES string of the molecule is Cc1c(C(=O)NC2COC2)cccc1[N+](=O)[O-]. The summed E-state index contributed by atoms with van der Waals surface area (Å²) in [5.74, 6) is -0.292. The van der Waals surface area contributed by atoms with Crippen molar-refractivity contribution in [1.82, 2.24) is 5.32 Å². The van der Waals surface area contributed by atoms with E-state index in [2.05, 4.69) is 5.32 Å². The van der Waals surface area contributed by atoms with Crippen LogP contribution < -0.4 is 5.32 Å². The van der Waals surface area contributed by atoms with E-state index in [0.29, 0.717) is 24.3 Å². The van der Waals surface area contributed by atoms with Crippen LogP contribution in [-0.2, 0) is 4.74 Å². The fourth-order valence-corrected chi connectivity index (χ4v) is 1.65. The van der Waals surface area contributed by atoms with E-state index in [1.54, 1.807) is 13.0 Å². The van der Waals surface area contributed by atoms with Gasteiger partial charge in [-0.1, -0.05) is 6.07 Å². The molecule has 0 atom stereocenters. The molecule has 1 aromatic rings. The molecule has 1 N–H and O–H groups in total. The van der Waals surface area contributed by atoms with Crippen LogP contribution in [0.5, 0.6) is 0 Å². The Morgan fingerprint density at radius 3 is 2.76 bits per heavy atom. The van der Waals surface area contributed by atoms with Crippen molar-refractivity contribution in [2.75, 3.05) is 13.2 Å². The van der Waals surface area contributed by atoms with Crippen molar-refractivity contribution < 1.29 is 14.5 Å². The van der Waals surface area contributed by atoms with Crippen LogP contribution in [0, 0.1) is 17.0 Å². The third-order valence-corrected chi connectivity index (χ3v) is 2.72. The molecule has 1 saturated heterocycles. The molecule has 6 heteroatoms. The molecule has 2 rings (SSSR count). The second-order valence-corrected chi connectivity index (χ2v) is 3.91. The normalized spacial score (nSPS) is 15.1. The van der Waals surface area contributed by atoms with Gasteiger partial charge in [0.25, 0.3) is 11.6 Å². The standard InChI is InChI=1S/C11H12N2O4/c1-7-9(3-2-4-10(7)13(15)16)11(14)12-8-5-17-6-8/h2-4,8H,5-6H2,1H3,(H,12,14). The Morgan fingerprint density at radius 2 is 2.24 bits per heavy atom. The van der Waals surface area contributed by atoms with Gasteiger partial charge in [-0.2, -0.15) is 0 Å². The van der Waals surface area contributed by atoms with Gasteiger partial charge in [0.2, 0.25) is 0 Å². The van der Waals surface area contributed by atoms with Gasteiger partial charge < -0.3 is 10.1 Å². The number of nitrogens with zero attached hydrogens (tertiary/aromatic N) is 1. The highest BCUT2D eigenvalue weighted by Crippen LogP contribution is 2.21. The van der Waals surface area contributed by atoms with Gasteiger partial charge in [0.15, 0.2) is 0 Å². The second kappa shape index (κ2) is 4.50. The van der Waals surface area contributed by atoms with Gasteiger partial charge in [-0.3, -0.25) is 14.9 Å². The molecule has 1 aromatic carbocycles. The topological polar surface area (TPSA) is 81.5 Å². The third-order valence-electron chi connectivity index (χ3n) is 2.72. The van der Waals surface area contributed by atoms with Crippen LogP contribution in [0.3, 0.4) is 0 Å². The molecule has 0 saturated carbocycles. The predicted molar refractivity (Wildman–Crippen MR) is 59.9 cm³/mol. The first-order valence-corrected chi connectivity index (χ1v) is 5.22. The summed E-state index contributed by atoms with van der Waals surface area (Å²) in [5, 5.41) is 13.5. The van der Waals surface area contributed by atoms with Crippen LogP contribution in [0.1, 0.15) is 15.9 Å². The molecule has 90 valence electrons. The summed E-state index contributed by atoms with van der Waals surface area (Å²) in [7, 11) is 0. The highest BCUT2D eigenvalue weighted by Gasteiger charge is 2.23. The van der Waals surface area contributed by atoms with Crippen molar-refractivity contribution in [2.24, 2.45) is 0 Å². The summed E-state index contributed by atoms with van der Waals surface area (Å²) in [6.07, 6.45) is 0. The summed E-state index contributed by atoms with van der Waals surface area (Å²) >= 11 is 0. The summed E-state index contributed by atoms with van der Waals surface area (Å²) in [6, 6.07) is 4.49. The fraction of sp³-hybridized carbons (Fsp3) is 0.364. The lowest BCUT2D eigenvalue weighted by Gasteiger charge is -2.26. The van der Waals surface area contributed by atoms with Crippen molar-refractivity contribution in [3.63, 3.8) is 0 Å². The number of ether oxygens (including phenoxy) is 1. The van der Waals surface area contributed by atoms with E-state index in [9.17, 15) is 14.9 Å². The van der Waals surface area contributed by atoms with E-state index in [4.69, 9.17) is 4.74 Å². The molecule has 0 bridgehead atoms. The van der Waals surface area contributed by atoms with Crippen LogP contribution in [0.25, 0.3) is 0 Å². The summed E-state index contributed by atoms with van der Waals surface area (Å²) in [4.78, 5) is 22.1. The first-order chi connectivity index (χ1) is 8.09. The Hall–Kier alpha value is -1.95. The Kier molecular flexibility index (Phi) is 3.06. The smallest absolute Gasteiger partial charge is 0.273 e. The highest BCUT2D eigenvalue weighted by molar-refractivity contribution is 5.96. The summed E-state index contributed by atoms with van der Waals surface area (Å²) in [5.41, 5.74) is 0.684. The average molecular weight is 236 g/mol. The molecule has 6 nitrogen and oxygen atoms in total. The van der Waals surface area contributed by atoms with Crippen molar-refractivity contribution in [1.29, 1.82) is 0 Å². The lowest BCUT2D eigenvalue weighted by atomic mass is 10.1. The van der Waals surface area contributed by atoms with E-state index in [-0.39, 0.29) is 17.6 Å². The molecule has 0 spiro atoms. The van der Waals surface area contributed by atoms with E-state index in [1.807, 2.05) is 0 Å². The minimum absolute atomic E-state index is 0.0150. The van der Waals surface area contributed by atoms with Crippen molar-refractivity contribution in [3.8, 4) is 0 Å². The van der Waals surface area contributed by atoms with Gasteiger partial charge in [-0.05, 0) is 13.0 Å². The molecular formula is C11H12N2O4. The third kappa shape index (κ3) is 2.26. The number of hydrogen-bond acceptors (Lipinski definition) is 4. The second-order valence-electron chi connectivity index (χ2n) is 3.91. The minimum Gasteiger partial charge on any atom is -0.377 e. The summed E-state index contributed by atoms with van der Waals surface area (Å²) in [6.45, 7) is 2.57. The highest BCUT2D eigenvalue weighted by atomic mass is 16.6. The molecule has 1 aliphatic rings. The van der Waals surface area contributed by atoms with Gasteiger partial charge in [-0.15, -0.1) is 0 Å². The first kappa shape index (κ1) is 11.5. The molecule has 1 heterocycles. The molecular weight excluding hydrogens is 224 g/mol. The quantitative estimate of drug-likeness (QED) is 0.627. The van der Waals surface area contributed by atoms with Crippen LogP contribution in [0.4, 0.5) is 5.69 Å². The lowest BCUT2D eigenvalue weighted by Crippen LogP contribution is -2.48. The van der Waals surface area contributed by atoms with Gasteiger partial charge in [0, 0.05) is 17.2 Å². The van der Waals surface area contributed by atoms with E-state index < -0.39 is 4.92 Å². The molecule has 0 aromatic heterocycles. The number of amides is 1. The van der Waals surface area contributed by atoms with Gasteiger partial charge in [0.05, 0.1) is 24.2 Å². The number of nitrogens with one attached hydrogen (secondary N) is 1. The molecule has 0 aliphatic carbocycles. The predicted octanol–water partition coefficient (Wildman–Crippen LogP) is 1.03. The number of nitro groups is 1. The maximum Gasteiger partial charge on any atom is 0.273 e. The number of hydrogen-bond donors (Lipinski definition) is 1. The molecule has 0 radical (unpaired) electrons. The Balaban J connectivity index is 2.22. The van der Waals surface area contributed by atoms with Crippen LogP contribution in [0.2, 0.25) is 0 Å². The van der Waals surface area contributed by atoms with Crippen molar-refractivity contribution >= 4 is 11.6 Å². The molecule has 1 aliphatic heterocycles. The number of carbonyl (C=O) groups is 1. The first-order valence-electron chi connectivity index (χ1n) is 5.22. The van der Waals surface area contributed by atoms with E-state index in [1.165, 1.54) is 12.1 Å². The number of rotatable bonds is 3. The lowest BCUT2D eigenvalue weighted by molar-refractivity contribution is -0.385. The minimum atomic E-state index is -0.488. The molecule has 17 heavy (non-hydrogen) atoms.